The van der Waals surface area contributed by atoms with E-state index in [1.807, 2.05) is 18.2 Å². The molecule has 0 aliphatic carbocycles. The average molecular weight is 505 g/mol. The van der Waals surface area contributed by atoms with Gasteiger partial charge in [-0.2, -0.15) is 0 Å². The van der Waals surface area contributed by atoms with E-state index in [0.717, 1.165) is 30.1 Å². The summed E-state index contributed by atoms with van der Waals surface area (Å²) in [4.78, 5) is 9.90. The molecule has 0 fully saturated rings. The van der Waals surface area contributed by atoms with Gasteiger partial charge in [0.1, 0.15) is 35.4 Å². The number of rotatable bonds is 15. The van der Waals surface area contributed by atoms with Crippen molar-refractivity contribution in [3.05, 3.63) is 23.8 Å². The lowest BCUT2D eigenvalue weighted by Gasteiger charge is -2.22. The van der Waals surface area contributed by atoms with E-state index in [1.54, 1.807) is 0 Å². The van der Waals surface area contributed by atoms with Crippen molar-refractivity contribution >= 4 is 17.5 Å². The summed E-state index contributed by atoms with van der Waals surface area (Å²) in [5, 5.41) is 43.7. The van der Waals surface area contributed by atoms with Crippen molar-refractivity contribution in [3.8, 4) is 11.5 Å². The highest BCUT2D eigenvalue weighted by atomic mass is 32.2. The molecule has 1 aromatic carbocycles. The second-order valence-corrected chi connectivity index (χ2v) is 10.4. The molecule has 34 heavy (non-hydrogen) atoms. The van der Waals surface area contributed by atoms with Crippen molar-refractivity contribution in [2.45, 2.75) is 88.5 Å². The second-order valence-electron chi connectivity index (χ2n) is 8.41. The van der Waals surface area contributed by atoms with Gasteiger partial charge < -0.3 is 44.4 Å². The monoisotopic (exact) mass is 504 g/mol. The van der Waals surface area contributed by atoms with Crippen LogP contribution in [0.1, 0.15) is 57.9 Å². The zero-order valence-electron chi connectivity index (χ0n) is 20.0. The number of aldehydes is 1. The molecule has 0 radical (unpaired) electrons. The van der Waals surface area contributed by atoms with Gasteiger partial charge in [-0.15, -0.1) is 0 Å². The highest BCUT2D eigenvalue weighted by Gasteiger charge is 2.29. The van der Waals surface area contributed by atoms with Crippen LogP contribution in [0.4, 0.5) is 0 Å². The van der Waals surface area contributed by atoms with Gasteiger partial charge in [0.25, 0.3) is 0 Å². The standard InChI is InChI=1S/C18H28O3S.C6H12O6/c1-3-4-5-6-7-8-11-22(19)15(2)12-16-9-10-17-18(13-16)21-14-20-17;7-1-3(9)5(11)6(12)4(10)2-8/h9-10,13,15H,3-8,11-12,14H2,1-2H3;1,3-6,8-12H,2H2/t;3-,4+,5+,6-/m.0/s1. The van der Waals surface area contributed by atoms with Gasteiger partial charge in [0.2, 0.25) is 6.79 Å². The Balaban J connectivity index is 0.000000411. The Morgan fingerprint density at radius 3 is 2.32 bits per heavy atom. The number of fused-ring (bicyclic) bond motifs is 1. The Morgan fingerprint density at radius 2 is 1.68 bits per heavy atom. The lowest BCUT2D eigenvalue weighted by Crippen LogP contribution is -2.46. The quantitative estimate of drug-likeness (QED) is 0.134. The number of unbranched alkanes of at least 4 members (excludes halogenated alkanes) is 5. The van der Waals surface area contributed by atoms with E-state index in [9.17, 15) is 9.35 Å². The summed E-state index contributed by atoms with van der Waals surface area (Å²) in [5.74, 6) is 2.45. The number of aliphatic hydroxyl groups is 5. The third-order valence-electron chi connectivity index (χ3n) is 5.53. The molecule has 6 atom stereocenters. The first-order valence-corrected chi connectivity index (χ1v) is 13.2. The number of carbonyl (C=O) groups is 1. The summed E-state index contributed by atoms with van der Waals surface area (Å²) in [7, 11) is 0. The lowest BCUT2D eigenvalue weighted by molar-refractivity contribution is -0.136. The number of benzene rings is 1. The molecule has 0 saturated heterocycles. The molecule has 1 heterocycles. The van der Waals surface area contributed by atoms with Crippen LogP contribution in [0.2, 0.25) is 0 Å². The molecule has 1 aromatic rings. The van der Waals surface area contributed by atoms with Crippen LogP contribution < -0.4 is 9.47 Å². The lowest BCUT2D eigenvalue weighted by atomic mass is 10.0. The number of hydrogen-bond acceptors (Lipinski definition) is 9. The van der Waals surface area contributed by atoms with Crippen LogP contribution in [-0.2, 0) is 22.4 Å². The molecule has 1 aliphatic rings. The average Bonchev–Trinajstić information content (AvgIpc) is 3.32. The second kappa shape index (κ2) is 17.1. The molecular weight excluding hydrogens is 464 g/mol. The maximum absolute atomic E-state index is 12.3. The molecular formula is C24H40O9S. The van der Waals surface area contributed by atoms with Crippen LogP contribution >= 0.6 is 0 Å². The third-order valence-corrected chi connectivity index (χ3v) is 7.28. The largest absolute Gasteiger partial charge is 0.616 e. The molecule has 2 unspecified atom stereocenters. The molecule has 0 saturated carbocycles. The van der Waals surface area contributed by atoms with E-state index in [0.29, 0.717) is 6.79 Å². The van der Waals surface area contributed by atoms with Gasteiger partial charge in [-0.1, -0.05) is 49.8 Å². The fourth-order valence-corrected chi connectivity index (χ4v) is 4.61. The molecule has 1 aliphatic heterocycles. The van der Waals surface area contributed by atoms with E-state index >= 15 is 0 Å². The maximum atomic E-state index is 12.3. The fraction of sp³-hybridized carbons (Fsp3) is 0.708. The van der Waals surface area contributed by atoms with Crippen molar-refractivity contribution in [1.82, 2.24) is 0 Å². The predicted octanol–water partition coefficient (Wildman–Crippen LogP) is 1.08. The van der Waals surface area contributed by atoms with Gasteiger partial charge in [-0.05, 0) is 37.5 Å². The fourth-order valence-electron chi connectivity index (χ4n) is 3.34. The highest BCUT2D eigenvalue weighted by molar-refractivity contribution is 7.91. The van der Waals surface area contributed by atoms with E-state index in [1.165, 1.54) is 37.7 Å². The van der Waals surface area contributed by atoms with E-state index < -0.39 is 42.2 Å². The summed E-state index contributed by atoms with van der Waals surface area (Å²) in [6.45, 7) is 3.85. The summed E-state index contributed by atoms with van der Waals surface area (Å²) in [6.07, 6.45) is 1.48. The first-order valence-electron chi connectivity index (χ1n) is 11.8. The molecule has 0 spiro atoms. The van der Waals surface area contributed by atoms with Crippen LogP contribution in [0, 0.1) is 0 Å². The molecule has 0 aromatic heterocycles. The molecule has 0 bridgehead atoms. The van der Waals surface area contributed by atoms with Crippen LogP contribution in [0.5, 0.6) is 11.5 Å². The molecule has 9 nitrogen and oxygen atoms in total. The van der Waals surface area contributed by atoms with Crippen LogP contribution in [0.25, 0.3) is 0 Å². The van der Waals surface area contributed by atoms with Gasteiger partial charge in [0, 0.05) is 6.42 Å². The normalized spacial score (nSPS) is 17.6. The number of ether oxygens (including phenoxy) is 2. The van der Waals surface area contributed by atoms with Crippen molar-refractivity contribution < 1.29 is 44.4 Å². The van der Waals surface area contributed by atoms with E-state index in [-0.39, 0.29) is 11.5 Å². The molecule has 196 valence electrons. The summed E-state index contributed by atoms with van der Waals surface area (Å²) in [5.41, 5.74) is 1.17. The zero-order valence-corrected chi connectivity index (χ0v) is 20.9. The van der Waals surface area contributed by atoms with Gasteiger partial charge >= 0.3 is 0 Å². The Kier molecular flexibility index (Phi) is 15.4. The van der Waals surface area contributed by atoms with Gasteiger partial charge in [-0.25, -0.2) is 0 Å². The van der Waals surface area contributed by atoms with Crippen molar-refractivity contribution in [3.63, 3.8) is 0 Å². The van der Waals surface area contributed by atoms with Gasteiger partial charge in [0.15, 0.2) is 17.8 Å². The van der Waals surface area contributed by atoms with E-state index in [2.05, 4.69) is 13.8 Å². The molecule has 10 heteroatoms. The molecule has 2 rings (SSSR count). The number of aliphatic hydroxyl groups excluding tert-OH is 5. The van der Waals surface area contributed by atoms with Gasteiger partial charge in [-0.3, -0.25) is 0 Å². The number of carbonyl (C=O) groups excluding carboxylic acids is 1. The Labute approximate surface area is 204 Å². The maximum Gasteiger partial charge on any atom is 0.231 e. The van der Waals surface area contributed by atoms with Crippen LogP contribution in [-0.4, -0.2) is 85.2 Å². The molecule has 0 amide bonds. The predicted molar refractivity (Wildman–Crippen MR) is 129 cm³/mol. The summed E-state index contributed by atoms with van der Waals surface area (Å²) >= 11 is -0.743. The Hall–Kier alpha value is -1.40. The van der Waals surface area contributed by atoms with E-state index in [4.69, 9.17) is 35.0 Å². The Bertz CT molecular complexity index is 690. The van der Waals surface area contributed by atoms with Crippen LogP contribution in [0.3, 0.4) is 0 Å². The smallest absolute Gasteiger partial charge is 0.231 e. The third kappa shape index (κ3) is 10.9. The van der Waals surface area contributed by atoms with Crippen molar-refractivity contribution in [1.29, 1.82) is 0 Å². The number of hydrogen-bond donors (Lipinski definition) is 5. The van der Waals surface area contributed by atoms with Crippen molar-refractivity contribution in [2.75, 3.05) is 19.2 Å². The minimum atomic E-state index is -1.79. The van der Waals surface area contributed by atoms with Gasteiger partial charge in [0.05, 0.1) is 6.61 Å². The summed E-state index contributed by atoms with van der Waals surface area (Å²) in [6, 6.07) is 6.01. The van der Waals surface area contributed by atoms with Crippen LogP contribution in [0.15, 0.2) is 18.2 Å². The minimum Gasteiger partial charge on any atom is -0.616 e. The Morgan fingerprint density at radius 1 is 1.03 bits per heavy atom. The minimum absolute atomic E-state index is 0.0258. The summed E-state index contributed by atoms with van der Waals surface area (Å²) < 4.78 is 23.0. The highest BCUT2D eigenvalue weighted by Crippen LogP contribution is 2.33. The van der Waals surface area contributed by atoms with Crippen molar-refractivity contribution in [2.24, 2.45) is 0 Å². The zero-order chi connectivity index (χ0) is 25.5. The first kappa shape index (κ1) is 30.6. The topological polar surface area (TPSA) is 160 Å². The first-order chi connectivity index (χ1) is 16.2. The SMILES string of the molecule is CCCCCCCC[S+]([O-])C(C)Cc1ccc2c(c1)OCO2.O=C[C@H](O)[C@@H](O)[C@@H](O)[C@H](O)CO. The molecule has 5 N–H and O–H groups in total.